The molecular formula is C15H14N4O2S2. The third kappa shape index (κ3) is 3.55. The van der Waals surface area contributed by atoms with Gasteiger partial charge in [0, 0.05) is 0 Å². The molecule has 3 aromatic rings. The van der Waals surface area contributed by atoms with Crippen LogP contribution in [0.3, 0.4) is 0 Å². The number of anilines is 1. The summed E-state index contributed by atoms with van der Waals surface area (Å²) in [6.45, 7) is 1.83. The minimum absolute atomic E-state index is 0.0770. The summed E-state index contributed by atoms with van der Waals surface area (Å²) >= 11 is 1.52. The van der Waals surface area contributed by atoms with E-state index in [1.807, 2.05) is 31.2 Å². The molecule has 118 valence electrons. The number of primary sulfonamides is 1. The van der Waals surface area contributed by atoms with Crippen LogP contribution in [0.5, 0.6) is 0 Å². The van der Waals surface area contributed by atoms with Crippen LogP contribution in [-0.2, 0) is 10.0 Å². The first kappa shape index (κ1) is 15.6. The maximum atomic E-state index is 11.2. The minimum Gasteiger partial charge on any atom is -0.252 e. The van der Waals surface area contributed by atoms with Gasteiger partial charge in [0.1, 0.15) is 0 Å². The van der Waals surface area contributed by atoms with Gasteiger partial charge in [-0.2, -0.15) is 5.10 Å². The average Bonchev–Trinajstić information content (AvgIpc) is 2.95. The van der Waals surface area contributed by atoms with Gasteiger partial charge in [0.05, 0.1) is 20.8 Å². The third-order valence-electron chi connectivity index (χ3n) is 3.21. The van der Waals surface area contributed by atoms with E-state index in [-0.39, 0.29) is 4.90 Å². The van der Waals surface area contributed by atoms with Gasteiger partial charge in [-0.15, -0.1) is 0 Å². The normalized spacial score (nSPS) is 12.5. The van der Waals surface area contributed by atoms with Gasteiger partial charge in [0.15, 0.2) is 0 Å². The predicted molar refractivity (Wildman–Crippen MR) is 93.3 cm³/mol. The number of rotatable bonds is 4. The Labute approximate surface area is 137 Å². The number of hydrogen-bond acceptors (Lipinski definition) is 6. The second-order valence-corrected chi connectivity index (χ2v) is 7.46. The number of sulfonamides is 1. The Hall–Kier alpha value is -2.29. The third-order valence-corrected chi connectivity index (χ3v) is 5.08. The Morgan fingerprint density at radius 3 is 2.52 bits per heavy atom. The summed E-state index contributed by atoms with van der Waals surface area (Å²) in [5.74, 6) is 0. The molecule has 0 spiro atoms. The van der Waals surface area contributed by atoms with E-state index >= 15 is 0 Å². The number of thiazole rings is 1. The second kappa shape index (κ2) is 6.07. The van der Waals surface area contributed by atoms with Gasteiger partial charge in [0.2, 0.25) is 15.2 Å². The standard InChI is InChI=1S/C15H14N4O2S2/c1-10(11-6-8-12(9-7-11)23(16,20)21)18-19-15-17-13-4-2-3-5-14(13)22-15/h2-9H,1H3,(H,17,19)(H2,16,20,21). The van der Waals surface area contributed by atoms with Crippen LogP contribution >= 0.6 is 11.3 Å². The van der Waals surface area contributed by atoms with Crippen molar-refractivity contribution in [2.24, 2.45) is 10.2 Å². The molecule has 0 aliphatic rings. The van der Waals surface area contributed by atoms with Gasteiger partial charge in [-0.05, 0) is 36.8 Å². The molecule has 0 saturated carbocycles. The smallest absolute Gasteiger partial charge is 0.238 e. The van der Waals surface area contributed by atoms with E-state index in [0.29, 0.717) is 10.8 Å². The highest BCUT2D eigenvalue weighted by Crippen LogP contribution is 2.25. The maximum absolute atomic E-state index is 11.2. The van der Waals surface area contributed by atoms with Crippen molar-refractivity contribution < 1.29 is 8.42 Å². The fraction of sp³-hybridized carbons (Fsp3) is 0.0667. The van der Waals surface area contributed by atoms with Crippen molar-refractivity contribution >= 4 is 42.4 Å². The first-order valence-corrected chi connectivity index (χ1v) is 9.09. The van der Waals surface area contributed by atoms with E-state index in [1.165, 1.54) is 23.5 Å². The zero-order valence-corrected chi connectivity index (χ0v) is 13.9. The van der Waals surface area contributed by atoms with E-state index in [2.05, 4.69) is 15.5 Å². The number of hydrazone groups is 1. The molecule has 0 saturated heterocycles. The van der Waals surface area contributed by atoms with E-state index in [0.717, 1.165) is 15.8 Å². The highest BCUT2D eigenvalue weighted by molar-refractivity contribution is 7.89. The van der Waals surface area contributed by atoms with E-state index in [9.17, 15) is 8.42 Å². The molecule has 1 aromatic heterocycles. The predicted octanol–water partition coefficient (Wildman–Crippen LogP) is 2.78. The Bertz CT molecular complexity index is 943. The lowest BCUT2D eigenvalue weighted by molar-refractivity contribution is 0.598. The van der Waals surface area contributed by atoms with Crippen LogP contribution in [0.4, 0.5) is 5.13 Å². The van der Waals surface area contributed by atoms with Crippen LogP contribution in [0, 0.1) is 0 Å². The first-order valence-electron chi connectivity index (χ1n) is 6.72. The molecule has 0 aliphatic carbocycles. The lowest BCUT2D eigenvalue weighted by Gasteiger charge is -2.03. The van der Waals surface area contributed by atoms with Crippen LogP contribution in [0.1, 0.15) is 12.5 Å². The van der Waals surface area contributed by atoms with Crippen molar-refractivity contribution in [1.29, 1.82) is 0 Å². The monoisotopic (exact) mass is 346 g/mol. The fourth-order valence-corrected chi connectivity index (χ4v) is 3.33. The molecule has 3 N–H and O–H groups in total. The Morgan fingerprint density at radius 1 is 1.17 bits per heavy atom. The molecule has 0 bridgehead atoms. The van der Waals surface area contributed by atoms with Crippen molar-refractivity contribution in [3.05, 3.63) is 54.1 Å². The van der Waals surface area contributed by atoms with Crippen molar-refractivity contribution in [3.8, 4) is 0 Å². The van der Waals surface area contributed by atoms with Crippen LogP contribution < -0.4 is 10.6 Å². The molecule has 0 aliphatic heterocycles. The fourth-order valence-electron chi connectivity index (χ4n) is 2.00. The summed E-state index contributed by atoms with van der Waals surface area (Å²) in [5, 5.41) is 10.1. The molecule has 3 rings (SSSR count). The van der Waals surface area contributed by atoms with Gasteiger partial charge in [0.25, 0.3) is 0 Å². The van der Waals surface area contributed by atoms with Crippen molar-refractivity contribution in [1.82, 2.24) is 4.98 Å². The molecule has 8 heteroatoms. The summed E-state index contributed by atoms with van der Waals surface area (Å²) in [7, 11) is -3.68. The lowest BCUT2D eigenvalue weighted by Crippen LogP contribution is -2.12. The molecule has 6 nitrogen and oxygen atoms in total. The molecule has 0 radical (unpaired) electrons. The largest absolute Gasteiger partial charge is 0.252 e. The zero-order chi connectivity index (χ0) is 16.4. The SMILES string of the molecule is CC(=NNc1nc2ccccc2s1)c1ccc(S(N)(=O)=O)cc1. The van der Waals surface area contributed by atoms with Crippen molar-refractivity contribution in [2.75, 3.05) is 5.43 Å². The van der Waals surface area contributed by atoms with Crippen molar-refractivity contribution in [3.63, 3.8) is 0 Å². The number of para-hydroxylation sites is 1. The van der Waals surface area contributed by atoms with Gasteiger partial charge < -0.3 is 0 Å². The lowest BCUT2D eigenvalue weighted by atomic mass is 10.1. The summed E-state index contributed by atoms with van der Waals surface area (Å²) in [5.41, 5.74) is 5.36. The van der Waals surface area contributed by atoms with Crippen LogP contribution in [-0.4, -0.2) is 19.1 Å². The topological polar surface area (TPSA) is 97.4 Å². The first-order chi connectivity index (χ1) is 10.9. The van der Waals surface area contributed by atoms with Gasteiger partial charge >= 0.3 is 0 Å². The molecule has 0 amide bonds. The quantitative estimate of drug-likeness (QED) is 0.560. The Balaban J connectivity index is 1.79. The molecule has 2 aromatic carbocycles. The molecule has 23 heavy (non-hydrogen) atoms. The highest BCUT2D eigenvalue weighted by atomic mass is 32.2. The molecule has 0 atom stereocenters. The molecule has 0 unspecified atom stereocenters. The van der Waals surface area contributed by atoms with Gasteiger partial charge in [-0.1, -0.05) is 35.6 Å². The summed E-state index contributed by atoms with van der Waals surface area (Å²) < 4.78 is 23.6. The van der Waals surface area contributed by atoms with Crippen LogP contribution in [0.15, 0.2) is 58.5 Å². The van der Waals surface area contributed by atoms with E-state index in [1.54, 1.807) is 12.1 Å². The molecule has 1 heterocycles. The van der Waals surface area contributed by atoms with Crippen molar-refractivity contribution in [2.45, 2.75) is 11.8 Å². The van der Waals surface area contributed by atoms with E-state index < -0.39 is 10.0 Å². The Morgan fingerprint density at radius 2 is 1.87 bits per heavy atom. The Kier molecular flexibility index (Phi) is 4.12. The summed E-state index contributed by atoms with van der Waals surface area (Å²) in [6.07, 6.45) is 0. The summed E-state index contributed by atoms with van der Waals surface area (Å²) in [4.78, 5) is 4.51. The van der Waals surface area contributed by atoms with Gasteiger partial charge in [-0.25, -0.2) is 18.5 Å². The number of fused-ring (bicyclic) bond motifs is 1. The summed E-state index contributed by atoms with van der Waals surface area (Å²) in [6, 6.07) is 14.1. The number of benzene rings is 2. The number of aromatic nitrogens is 1. The van der Waals surface area contributed by atoms with Crippen LogP contribution in [0.25, 0.3) is 10.2 Å². The average molecular weight is 346 g/mol. The zero-order valence-electron chi connectivity index (χ0n) is 12.2. The second-order valence-electron chi connectivity index (χ2n) is 4.87. The molecular weight excluding hydrogens is 332 g/mol. The maximum Gasteiger partial charge on any atom is 0.238 e. The number of nitrogens with one attached hydrogen (secondary N) is 1. The van der Waals surface area contributed by atoms with E-state index in [4.69, 9.17) is 5.14 Å². The highest BCUT2D eigenvalue weighted by Gasteiger charge is 2.08. The number of nitrogens with two attached hydrogens (primary N) is 1. The minimum atomic E-state index is -3.68. The number of nitrogens with zero attached hydrogens (tertiary/aromatic N) is 2. The van der Waals surface area contributed by atoms with Gasteiger partial charge in [-0.3, -0.25) is 5.43 Å². The van der Waals surface area contributed by atoms with Crippen LogP contribution in [0.2, 0.25) is 0 Å². The molecule has 0 fully saturated rings. The number of hydrogen-bond donors (Lipinski definition) is 2.